The molecule has 2 aromatic carbocycles. The summed E-state index contributed by atoms with van der Waals surface area (Å²) < 4.78 is 63.1. The molecule has 0 aliphatic heterocycles. The van der Waals surface area contributed by atoms with E-state index in [-0.39, 0.29) is 33.6 Å². The Morgan fingerprint density at radius 3 is 2.47 bits per heavy atom. The number of nitrogens with one attached hydrogen (secondary N) is 1. The fraction of sp³-hybridized carbons (Fsp3) is 0.125. The lowest BCUT2D eigenvalue weighted by atomic mass is 10.0. The van der Waals surface area contributed by atoms with E-state index in [0.717, 1.165) is 0 Å². The number of rotatable bonds is 8. The van der Waals surface area contributed by atoms with E-state index in [1.807, 2.05) is 0 Å². The minimum Gasteiger partial charge on any atom is -0.449 e. The van der Waals surface area contributed by atoms with Gasteiger partial charge in [0.05, 0.1) is 16.7 Å². The SMILES string of the molecule is C=N/N=C(\OCO)c1cc(C)cc2[nH]c(C(/C(F)=C(/F)C(=C)c3ccccc3)=C(\F)CF)nc12. The molecule has 176 valence electrons. The van der Waals surface area contributed by atoms with Crippen LogP contribution in [0.25, 0.3) is 22.2 Å². The van der Waals surface area contributed by atoms with Crippen molar-refractivity contribution < 1.29 is 27.4 Å². The molecule has 3 aromatic rings. The van der Waals surface area contributed by atoms with Gasteiger partial charge < -0.3 is 14.8 Å². The van der Waals surface area contributed by atoms with E-state index in [1.165, 1.54) is 12.1 Å². The summed E-state index contributed by atoms with van der Waals surface area (Å²) in [7, 11) is 0. The first-order chi connectivity index (χ1) is 16.3. The smallest absolute Gasteiger partial charge is 0.245 e. The number of fused-ring (bicyclic) bond motifs is 1. The fourth-order valence-corrected chi connectivity index (χ4v) is 3.26. The van der Waals surface area contributed by atoms with Crippen LogP contribution in [-0.4, -0.2) is 41.2 Å². The Kier molecular flexibility index (Phi) is 7.75. The second-order valence-electron chi connectivity index (χ2n) is 7.00. The van der Waals surface area contributed by atoms with Crippen LogP contribution in [0, 0.1) is 6.92 Å². The van der Waals surface area contributed by atoms with Gasteiger partial charge in [-0.25, -0.2) is 22.5 Å². The molecule has 1 aromatic heterocycles. The van der Waals surface area contributed by atoms with Crippen molar-refractivity contribution in [1.82, 2.24) is 9.97 Å². The van der Waals surface area contributed by atoms with E-state index >= 15 is 4.39 Å². The van der Waals surface area contributed by atoms with Crippen molar-refractivity contribution in [3.8, 4) is 0 Å². The lowest BCUT2D eigenvalue weighted by molar-refractivity contribution is 0.0888. The van der Waals surface area contributed by atoms with Crippen molar-refractivity contribution in [2.45, 2.75) is 6.92 Å². The summed E-state index contributed by atoms with van der Waals surface area (Å²) in [5, 5.41) is 16.2. The van der Waals surface area contributed by atoms with Gasteiger partial charge in [-0.1, -0.05) is 36.9 Å². The summed E-state index contributed by atoms with van der Waals surface area (Å²) in [6, 6.07) is 11.0. The van der Waals surface area contributed by atoms with Gasteiger partial charge in [-0.3, -0.25) is 0 Å². The van der Waals surface area contributed by atoms with Gasteiger partial charge in [0.15, 0.2) is 18.4 Å². The highest BCUT2D eigenvalue weighted by atomic mass is 19.2. The number of hydrogen-bond donors (Lipinski definition) is 2. The second kappa shape index (κ2) is 10.7. The zero-order chi connectivity index (χ0) is 24.8. The van der Waals surface area contributed by atoms with Crippen molar-refractivity contribution >= 4 is 34.8 Å². The molecule has 10 heteroatoms. The summed E-state index contributed by atoms with van der Waals surface area (Å²) in [5.74, 6) is -5.35. The molecule has 34 heavy (non-hydrogen) atoms. The summed E-state index contributed by atoms with van der Waals surface area (Å²) >= 11 is 0. The Labute approximate surface area is 192 Å². The summed E-state index contributed by atoms with van der Waals surface area (Å²) in [5.41, 5.74) is 0.123. The molecule has 3 rings (SSSR count). The number of halogens is 4. The number of hydrogen-bond acceptors (Lipinski definition) is 5. The number of benzene rings is 2. The van der Waals surface area contributed by atoms with Gasteiger partial charge in [0.2, 0.25) is 5.90 Å². The Morgan fingerprint density at radius 1 is 1.15 bits per heavy atom. The predicted molar refractivity (Wildman–Crippen MR) is 124 cm³/mol. The first kappa shape index (κ1) is 24.6. The number of aliphatic hydroxyl groups is 1. The lowest BCUT2D eigenvalue weighted by Crippen LogP contribution is -2.08. The molecule has 0 spiro atoms. The third-order valence-electron chi connectivity index (χ3n) is 4.75. The van der Waals surface area contributed by atoms with Crippen molar-refractivity contribution in [2.75, 3.05) is 13.5 Å². The number of aliphatic hydroxyl groups excluding tert-OH is 1. The summed E-state index contributed by atoms with van der Waals surface area (Å²) in [6.45, 7) is 6.03. The summed E-state index contributed by atoms with van der Waals surface area (Å²) in [6.07, 6.45) is 0. The van der Waals surface area contributed by atoms with Crippen LogP contribution in [-0.2, 0) is 4.74 Å². The highest BCUT2D eigenvalue weighted by Gasteiger charge is 2.25. The average molecular weight is 472 g/mol. The van der Waals surface area contributed by atoms with E-state index in [4.69, 9.17) is 9.84 Å². The molecule has 0 unspecified atom stereocenters. The standard InChI is InChI=1S/C24H20F4N4O2/c1-13-9-16(24(32-29-3)34-12-33)22-18(10-13)30-23(31-22)19(17(26)11-25)21(28)20(27)14(2)15-7-5-4-6-8-15/h4-10,33H,2-3,11-12H2,1H3,(H,30,31)/b19-17-,21-20-,32-24-. The number of aryl methyl sites for hydroxylation is 1. The predicted octanol–water partition coefficient (Wildman–Crippen LogP) is 5.71. The molecule has 2 N–H and O–H groups in total. The third kappa shape index (κ3) is 4.96. The van der Waals surface area contributed by atoms with Crippen LogP contribution in [0.4, 0.5) is 17.6 Å². The minimum absolute atomic E-state index is 0.107. The minimum atomic E-state index is -1.70. The molecule has 0 radical (unpaired) electrons. The van der Waals surface area contributed by atoms with Crippen LogP contribution >= 0.6 is 0 Å². The molecule has 0 bridgehead atoms. The molecule has 0 aliphatic carbocycles. The van der Waals surface area contributed by atoms with Crippen LogP contribution in [0.5, 0.6) is 0 Å². The normalized spacial score (nSPS) is 13.4. The van der Waals surface area contributed by atoms with Crippen LogP contribution in [0.2, 0.25) is 0 Å². The van der Waals surface area contributed by atoms with E-state index in [9.17, 15) is 13.2 Å². The van der Waals surface area contributed by atoms with Gasteiger partial charge in [-0.2, -0.15) is 5.10 Å². The number of nitrogens with zero attached hydrogens (tertiary/aromatic N) is 3. The number of aromatic amines is 1. The van der Waals surface area contributed by atoms with E-state index in [0.29, 0.717) is 5.56 Å². The number of imidazole rings is 1. The Balaban J connectivity index is 2.22. The lowest BCUT2D eigenvalue weighted by Gasteiger charge is -2.08. The molecular weight excluding hydrogens is 452 g/mol. The van der Waals surface area contributed by atoms with Gasteiger partial charge in [0.1, 0.15) is 23.8 Å². The molecule has 0 saturated heterocycles. The number of H-pyrrole nitrogens is 1. The van der Waals surface area contributed by atoms with Crippen molar-refractivity contribution in [2.24, 2.45) is 10.2 Å². The van der Waals surface area contributed by atoms with Crippen molar-refractivity contribution in [1.29, 1.82) is 0 Å². The quantitative estimate of drug-likeness (QED) is 0.110. The van der Waals surface area contributed by atoms with Gasteiger partial charge in [-0.05, 0) is 30.2 Å². The molecule has 0 amide bonds. The monoisotopic (exact) mass is 472 g/mol. The zero-order valence-corrected chi connectivity index (χ0v) is 18.1. The van der Waals surface area contributed by atoms with Crippen LogP contribution in [0.1, 0.15) is 22.5 Å². The van der Waals surface area contributed by atoms with E-state index < -0.39 is 42.3 Å². The van der Waals surface area contributed by atoms with E-state index in [2.05, 4.69) is 33.5 Å². The van der Waals surface area contributed by atoms with Gasteiger partial charge >= 0.3 is 0 Å². The highest BCUT2D eigenvalue weighted by molar-refractivity contribution is 6.05. The van der Waals surface area contributed by atoms with Crippen LogP contribution < -0.4 is 0 Å². The van der Waals surface area contributed by atoms with Gasteiger partial charge in [0, 0.05) is 12.3 Å². The Morgan fingerprint density at radius 2 is 1.85 bits per heavy atom. The molecule has 0 fully saturated rings. The van der Waals surface area contributed by atoms with Gasteiger partial charge in [-0.15, -0.1) is 5.10 Å². The number of allylic oxidation sites excluding steroid dienone is 5. The number of ether oxygens (including phenoxy) is 1. The van der Waals surface area contributed by atoms with Crippen molar-refractivity contribution in [3.05, 3.63) is 89.0 Å². The zero-order valence-electron chi connectivity index (χ0n) is 18.1. The topological polar surface area (TPSA) is 82.9 Å². The van der Waals surface area contributed by atoms with E-state index in [1.54, 1.807) is 37.3 Å². The molecular formula is C24H20F4N4O2. The van der Waals surface area contributed by atoms with Gasteiger partial charge in [0.25, 0.3) is 0 Å². The maximum atomic E-state index is 15.2. The van der Waals surface area contributed by atoms with Crippen LogP contribution in [0.15, 0.2) is 76.7 Å². The first-order valence-electron chi connectivity index (χ1n) is 9.85. The maximum absolute atomic E-state index is 15.2. The first-order valence-corrected chi connectivity index (χ1v) is 9.85. The fourth-order valence-electron chi connectivity index (χ4n) is 3.26. The average Bonchev–Trinajstić information content (AvgIpc) is 3.26. The molecule has 0 aliphatic rings. The van der Waals surface area contributed by atoms with Crippen molar-refractivity contribution in [3.63, 3.8) is 0 Å². The highest BCUT2D eigenvalue weighted by Crippen LogP contribution is 2.36. The molecule has 0 saturated carbocycles. The largest absolute Gasteiger partial charge is 0.449 e. The molecule has 6 nitrogen and oxygen atoms in total. The maximum Gasteiger partial charge on any atom is 0.245 e. The third-order valence-corrected chi connectivity index (χ3v) is 4.75. The number of alkyl halides is 1. The molecule has 0 atom stereocenters. The Hall–Kier alpha value is -4.05. The Bertz CT molecular complexity index is 1330. The second-order valence-corrected chi connectivity index (χ2v) is 7.00. The summed E-state index contributed by atoms with van der Waals surface area (Å²) in [4.78, 5) is 6.83. The molecule has 1 heterocycles. The number of aromatic nitrogens is 2. The van der Waals surface area contributed by atoms with Crippen LogP contribution in [0.3, 0.4) is 0 Å².